The van der Waals surface area contributed by atoms with Gasteiger partial charge in [-0.05, 0) is 36.0 Å². The Kier molecular flexibility index (Phi) is 4.69. The van der Waals surface area contributed by atoms with E-state index in [-0.39, 0.29) is 6.04 Å². The molecule has 110 valence electrons. The summed E-state index contributed by atoms with van der Waals surface area (Å²) in [6.07, 6.45) is 3.29. The van der Waals surface area contributed by atoms with Gasteiger partial charge in [0.15, 0.2) is 0 Å². The second-order valence-corrected chi connectivity index (χ2v) is 6.04. The van der Waals surface area contributed by atoms with E-state index in [1.165, 1.54) is 16.7 Å². The first kappa shape index (κ1) is 14.3. The van der Waals surface area contributed by atoms with Crippen LogP contribution in [-0.4, -0.2) is 24.0 Å². The van der Waals surface area contributed by atoms with Gasteiger partial charge in [-0.15, -0.1) is 0 Å². The van der Waals surface area contributed by atoms with Gasteiger partial charge in [-0.2, -0.15) is 0 Å². The van der Waals surface area contributed by atoms with Gasteiger partial charge < -0.3 is 5.73 Å². The summed E-state index contributed by atoms with van der Waals surface area (Å²) in [7, 11) is 0. The molecule has 2 aromatic rings. The molecule has 0 fully saturated rings. The first-order valence-electron chi connectivity index (χ1n) is 7.90. The molecule has 2 nitrogen and oxygen atoms in total. The van der Waals surface area contributed by atoms with E-state index in [1.54, 1.807) is 0 Å². The number of nitrogens with zero attached hydrogens (tertiary/aromatic N) is 1. The number of hydrogen-bond donors (Lipinski definition) is 1. The molecule has 1 unspecified atom stereocenters. The van der Waals surface area contributed by atoms with Crippen LogP contribution in [0.25, 0.3) is 0 Å². The van der Waals surface area contributed by atoms with Gasteiger partial charge in [-0.1, -0.05) is 54.6 Å². The Bertz CT molecular complexity index is 565. The van der Waals surface area contributed by atoms with Crippen LogP contribution in [0.4, 0.5) is 0 Å². The summed E-state index contributed by atoms with van der Waals surface area (Å²) in [5.41, 5.74) is 10.7. The molecular formula is C19H24N2. The molecule has 2 heteroatoms. The van der Waals surface area contributed by atoms with Crippen LogP contribution in [0.5, 0.6) is 0 Å². The van der Waals surface area contributed by atoms with Gasteiger partial charge in [0, 0.05) is 25.7 Å². The van der Waals surface area contributed by atoms with Crippen molar-refractivity contribution in [3.05, 3.63) is 71.3 Å². The lowest BCUT2D eigenvalue weighted by Crippen LogP contribution is -2.40. The summed E-state index contributed by atoms with van der Waals surface area (Å²) in [6, 6.07) is 19.7. The van der Waals surface area contributed by atoms with Crippen LogP contribution < -0.4 is 5.73 Å². The van der Waals surface area contributed by atoms with Crippen LogP contribution >= 0.6 is 0 Å². The highest BCUT2D eigenvalue weighted by Gasteiger charge is 2.17. The van der Waals surface area contributed by atoms with Gasteiger partial charge in [0.05, 0.1) is 0 Å². The number of benzene rings is 2. The Balaban J connectivity index is 1.49. The monoisotopic (exact) mass is 280 g/mol. The Morgan fingerprint density at radius 3 is 2.48 bits per heavy atom. The molecular weight excluding hydrogens is 256 g/mol. The fraction of sp³-hybridized carbons (Fsp3) is 0.368. The minimum absolute atomic E-state index is 0.260. The normalized spacial score (nSPS) is 16.4. The highest BCUT2D eigenvalue weighted by Crippen LogP contribution is 2.18. The Morgan fingerprint density at radius 2 is 1.67 bits per heavy atom. The highest BCUT2D eigenvalue weighted by molar-refractivity contribution is 5.29. The first-order valence-corrected chi connectivity index (χ1v) is 7.90. The fourth-order valence-electron chi connectivity index (χ4n) is 3.13. The average Bonchev–Trinajstić information content (AvgIpc) is 2.54. The third-order valence-electron chi connectivity index (χ3n) is 4.35. The molecule has 0 radical (unpaired) electrons. The molecule has 1 aliphatic rings. The number of fused-ring (bicyclic) bond motifs is 1. The zero-order chi connectivity index (χ0) is 14.5. The molecule has 0 bridgehead atoms. The Labute approximate surface area is 127 Å². The van der Waals surface area contributed by atoms with Crippen molar-refractivity contribution in [1.29, 1.82) is 0 Å². The van der Waals surface area contributed by atoms with E-state index >= 15 is 0 Å². The maximum Gasteiger partial charge on any atom is 0.0237 e. The zero-order valence-electron chi connectivity index (χ0n) is 12.5. The topological polar surface area (TPSA) is 29.3 Å². The van der Waals surface area contributed by atoms with Crippen LogP contribution in [-0.2, 0) is 19.4 Å². The van der Waals surface area contributed by atoms with Gasteiger partial charge in [0.1, 0.15) is 0 Å². The molecule has 1 aliphatic heterocycles. The third-order valence-corrected chi connectivity index (χ3v) is 4.35. The molecule has 0 amide bonds. The van der Waals surface area contributed by atoms with Crippen LogP contribution in [0.1, 0.15) is 23.1 Å². The van der Waals surface area contributed by atoms with Crippen LogP contribution in [0.3, 0.4) is 0 Å². The van der Waals surface area contributed by atoms with Gasteiger partial charge in [-0.3, -0.25) is 4.90 Å². The Morgan fingerprint density at radius 1 is 0.952 bits per heavy atom. The van der Waals surface area contributed by atoms with E-state index in [2.05, 4.69) is 59.5 Å². The van der Waals surface area contributed by atoms with Crippen LogP contribution in [0.15, 0.2) is 54.6 Å². The first-order chi connectivity index (χ1) is 10.3. The minimum atomic E-state index is 0.260. The maximum absolute atomic E-state index is 6.33. The standard InChI is InChI=1S/C19H24N2/c20-19(11-10-16-6-2-1-3-7-16)15-21-13-12-17-8-4-5-9-18(17)14-21/h1-9,19H,10-15,20H2. The summed E-state index contributed by atoms with van der Waals surface area (Å²) in [5, 5.41) is 0. The summed E-state index contributed by atoms with van der Waals surface area (Å²) < 4.78 is 0. The van der Waals surface area contributed by atoms with Crippen molar-refractivity contribution >= 4 is 0 Å². The van der Waals surface area contributed by atoms with Crippen molar-refractivity contribution in [3.8, 4) is 0 Å². The fourth-order valence-corrected chi connectivity index (χ4v) is 3.13. The Hall–Kier alpha value is -1.64. The number of rotatable bonds is 5. The molecule has 1 atom stereocenters. The third kappa shape index (κ3) is 3.93. The summed E-state index contributed by atoms with van der Waals surface area (Å²) in [4.78, 5) is 2.50. The van der Waals surface area contributed by atoms with Gasteiger partial charge in [0.2, 0.25) is 0 Å². The quantitative estimate of drug-likeness (QED) is 0.912. The summed E-state index contributed by atoms with van der Waals surface area (Å²) in [6.45, 7) is 3.19. The van der Waals surface area contributed by atoms with E-state index in [9.17, 15) is 0 Å². The van der Waals surface area contributed by atoms with E-state index < -0.39 is 0 Å². The van der Waals surface area contributed by atoms with Crippen LogP contribution in [0, 0.1) is 0 Å². The molecule has 0 saturated heterocycles. The highest BCUT2D eigenvalue weighted by atomic mass is 15.1. The van der Waals surface area contributed by atoms with Crippen molar-refractivity contribution < 1.29 is 0 Å². The largest absolute Gasteiger partial charge is 0.327 e. The number of hydrogen-bond acceptors (Lipinski definition) is 2. The molecule has 0 saturated carbocycles. The van der Waals surface area contributed by atoms with Crippen molar-refractivity contribution in [3.63, 3.8) is 0 Å². The molecule has 0 spiro atoms. The van der Waals surface area contributed by atoms with Gasteiger partial charge >= 0.3 is 0 Å². The van der Waals surface area contributed by atoms with Gasteiger partial charge in [0.25, 0.3) is 0 Å². The molecule has 2 aromatic carbocycles. The lowest BCUT2D eigenvalue weighted by atomic mass is 9.99. The van der Waals surface area contributed by atoms with Crippen molar-refractivity contribution in [2.45, 2.75) is 31.8 Å². The molecule has 2 N–H and O–H groups in total. The SMILES string of the molecule is NC(CCc1ccccc1)CN1CCc2ccccc2C1. The summed E-state index contributed by atoms with van der Waals surface area (Å²) >= 11 is 0. The van der Waals surface area contributed by atoms with Gasteiger partial charge in [-0.25, -0.2) is 0 Å². The molecule has 1 heterocycles. The minimum Gasteiger partial charge on any atom is -0.327 e. The second kappa shape index (κ2) is 6.88. The zero-order valence-corrected chi connectivity index (χ0v) is 12.5. The smallest absolute Gasteiger partial charge is 0.0237 e. The summed E-state index contributed by atoms with van der Waals surface area (Å²) in [5.74, 6) is 0. The molecule has 3 rings (SSSR count). The van der Waals surface area contributed by atoms with Crippen LogP contribution in [0.2, 0.25) is 0 Å². The number of aryl methyl sites for hydroxylation is 1. The second-order valence-electron chi connectivity index (χ2n) is 6.04. The van der Waals surface area contributed by atoms with E-state index in [1.807, 2.05) is 0 Å². The van der Waals surface area contributed by atoms with E-state index in [4.69, 9.17) is 5.73 Å². The van der Waals surface area contributed by atoms with E-state index in [0.717, 1.165) is 38.9 Å². The average molecular weight is 280 g/mol. The van der Waals surface area contributed by atoms with Crippen molar-refractivity contribution in [1.82, 2.24) is 4.90 Å². The van der Waals surface area contributed by atoms with Crippen molar-refractivity contribution in [2.75, 3.05) is 13.1 Å². The predicted octanol–water partition coefficient (Wildman–Crippen LogP) is 3.00. The van der Waals surface area contributed by atoms with E-state index in [0.29, 0.717) is 0 Å². The molecule has 0 aromatic heterocycles. The molecule has 21 heavy (non-hydrogen) atoms. The maximum atomic E-state index is 6.33. The predicted molar refractivity (Wildman–Crippen MR) is 88.2 cm³/mol. The van der Waals surface area contributed by atoms with Crippen molar-refractivity contribution in [2.24, 2.45) is 5.73 Å². The lowest BCUT2D eigenvalue weighted by Gasteiger charge is -2.30. The molecule has 0 aliphatic carbocycles. The lowest BCUT2D eigenvalue weighted by molar-refractivity contribution is 0.234. The number of nitrogens with two attached hydrogens (primary N) is 1.